The summed E-state index contributed by atoms with van der Waals surface area (Å²) in [6.45, 7) is 2.77. The van der Waals surface area contributed by atoms with Gasteiger partial charge in [0.05, 0.1) is 11.4 Å². The summed E-state index contributed by atoms with van der Waals surface area (Å²) in [7, 11) is 0. The first-order chi connectivity index (χ1) is 13.7. The van der Waals surface area contributed by atoms with Gasteiger partial charge in [-0.15, -0.1) is 0 Å². The Labute approximate surface area is 163 Å². The number of halogens is 1. The van der Waals surface area contributed by atoms with Crippen LogP contribution in [0.1, 0.15) is 0 Å². The van der Waals surface area contributed by atoms with E-state index in [9.17, 15) is 4.39 Å². The number of para-hydroxylation sites is 2. The number of rotatable bonds is 5. The molecule has 0 unspecified atom stereocenters. The van der Waals surface area contributed by atoms with E-state index >= 15 is 0 Å². The molecular weight excluding hydrogens is 357 g/mol. The summed E-state index contributed by atoms with van der Waals surface area (Å²) < 4.78 is 14.0. The Morgan fingerprint density at radius 2 is 1.50 bits per heavy atom. The molecule has 8 heteroatoms. The molecule has 2 aromatic carbocycles. The van der Waals surface area contributed by atoms with E-state index in [1.165, 1.54) is 12.4 Å². The van der Waals surface area contributed by atoms with Crippen LogP contribution in [-0.4, -0.2) is 36.1 Å². The van der Waals surface area contributed by atoms with Gasteiger partial charge in [0.15, 0.2) is 11.6 Å². The van der Waals surface area contributed by atoms with Crippen molar-refractivity contribution >= 4 is 28.7 Å². The number of hydrazine groups is 1. The number of aromatic nitrogens is 2. The first-order valence-electron chi connectivity index (χ1n) is 9.14. The fourth-order valence-electron chi connectivity index (χ4n) is 3.26. The molecule has 1 fully saturated rings. The first kappa shape index (κ1) is 17.8. The molecule has 1 aromatic heterocycles. The number of nitrogens with two attached hydrogens (primary N) is 1. The van der Waals surface area contributed by atoms with Crippen molar-refractivity contribution in [2.45, 2.75) is 0 Å². The van der Waals surface area contributed by atoms with E-state index in [1.54, 1.807) is 12.1 Å². The normalized spacial score (nSPS) is 14.0. The van der Waals surface area contributed by atoms with Crippen LogP contribution in [0, 0.1) is 5.82 Å². The summed E-state index contributed by atoms with van der Waals surface area (Å²) in [4.78, 5) is 12.7. The van der Waals surface area contributed by atoms with Crippen LogP contribution in [0.25, 0.3) is 0 Å². The third-order valence-corrected chi connectivity index (χ3v) is 4.73. The van der Waals surface area contributed by atoms with Crippen LogP contribution in [0.5, 0.6) is 0 Å². The molecule has 1 aliphatic heterocycles. The van der Waals surface area contributed by atoms with Gasteiger partial charge in [-0.2, -0.15) is 0 Å². The monoisotopic (exact) mass is 379 g/mol. The van der Waals surface area contributed by atoms with Gasteiger partial charge >= 0.3 is 0 Å². The van der Waals surface area contributed by atoms with Crippen molar-refractivity contribution in [2.24, 2.45) is 0 Å². The van der Waals surface area contributed by atoms with Crippen molar-refractivity contribution in [1.82, 2.24) is 9.97 Å². The van der Waals surface area contributed by atoms with E-state index in [0.29, 0.717) is 49.2 Å². The number of nitrogens with zero attached hydrogens (tertiary/aromatic N) is 4. The molecule has 4 rings (SSSR count). The van der Waals surface area contributed by atoms with Crippen LogP contribution >= 0.6 is 0 Å². The summed E-state index contributed by atoms with van der Waals surface area (Å²) in [5.74, 6) is 1.00. The van der Waals surface area contributed by atoms with Crippen molar-refractivity contribution in [2.75, 3.05) is 52.6 Å². The Kier molecular flexibility index (Phi) is 5.09. The maximum atomic E-state index is 14.0. The van der Waals surface area contributed by atoms with Crippen LogP contribution in [0.3, 0.4) is 0 Å². The zero-order valence-electron chi connectivity index (χ0n) is 15.3. The Bertz CT molecular complexity index is 927. The molecule has 7 nitrogen and oxygen atoms in total. The zero-order chi connectivity index (χ0) is 19.3. The second-order valence-electron chi connectivity index (χ2n) is 6.50. The smallest absolute Gasteiger partial charge is 0.173 e. The van der Waals surface area contributed by atoms with Gasteiger partial charge in [0.1, 0.15) is 17.8 Å². The van der Waals surface area contributed by atoms with Crippen LogP contribution < -0.4 is 26.4 Å². The van der Waals surface area contributed by atoms with Gasteiger partial charge in [-0.3, -0.25) is 10.9 Å². The minimum absolute atomic E-state index is 0.198. The standard InChI is InChI=1S/C20H22FN7/c21-16-8-4-5-9-17(16)27-10-12-28(13-11-27)20-18(22)19(23-14-24-20)26-25-15-6-2-1-3-7-15/h1-9,14,25H,10-13,22H2,(H,23,24,26). The first-order valence-corrected chi connectivity index (χ1v) is 9.14. The number of hydrogen-bond donors (Lipinski definition) is 3. The fourth-order valence-corrected chi connectivity index (χ4v) is 3.26. The SMILES string of the molecule is Nc1c(NNc2ccccc2)ncnc1N1CCN(c2ccccc2F)CC1. The molecule has 0 spiro atoms. The maximum Gasteiger partial charge on any atom is 0.173 e. The zero-order valence-corrected chi connectivity index (χ0v) is 15.3. The highest BCUT2D eigenvalue weighted by Crippen LogP contribution is 2.28. The average Bonchev–Trinajstić information content (AvgIpc) is 2.74. The largest absolute Gasteiger partial charge is 0.393 e. The number of anilines is 5. The second kappa shape index (κ2) is 7.99. The van der Waals surface area contributed by atoms with E-state index in [0.717, 1.165) is 5.69 Å². The van der Waals surface area contributed by atoms with Gasteiger partial charge in [0.25, 0.3) is 0 Å². The Balaban J connectivity index is 1.43. The molecule has 28 heavy (non-hydrogen) atoms. The van der Waals surface area contributed by atoms with E-state index in [-0.39, 0.29) is 5.82 Å². The number of hydrogen-bond acceptors (Lipinski definition) is 7. The summed E-state index contributed by atoms with van der Waals surface area (Å²) in [5.41, 5.74) is 14.4. The van der Waals surface area contributed by atoms with E-state index in [2.05, 4.69) is 25.7 Å². The predicted molar refractivity (Wildman–Crippen MR) is 111 cm³/mol. The van der Waals surface area contributed by atoms with E-state index in [1.807, 2.05) is 41.3 Å². The number of benzene rings is 2. The molecule has 0 atom stereocenters. The van der Waals surface area contributed by atoms with E-state index in [4.69, 9.17) is 5.73 Å². The van der Waals surface area contributed by atoms with Crippen molar-refractivity contribution in [1.29, 1.82) is 0 Å². The van der Waals surface area contributed by atoms with Crippen LogP contribution in [0.15, 0.2) is 60.9 Å². The Hall–Kier alpha value is -3.55. The Morgan fingerprint density at radius 1 is 0.821 bits per heavy atom. The highest BCUT2D eigenvalue weighted by molar-refractivity contribution is 5.76. The van der Waals surface area contributed by atoms with Gasteiger partial charge in [-0.05, 0) is 24.3 Å². The summed E-state index contributed by atoms with van der Waals surface area (Å²) in [6, 6.07) is 16.5. The second-order valence-corrected chi connectivity index (χ2v) is 6.50. The highest BCUT2D eigenvalue weighted by atomic mass is 19.1. The lowest BCUT2D eigenvalue weighted by Gasteiger charge is -2.37. The van der Waals surface area contributed by atoms with Crippen LogP contribution in [-0.2, 0) is 0 Å². The minimum atomic E-state index is -0.198. The van der Waals surface area contributed by atoms with Crippen molar-refractivity contribution < 1.29 is 4.39 Å². The fraction of sp³-hybridized carbons (Fsp3) is 0.200. The maximum absolute atomic E-state index is 14.0. The average molecular weight is 379 g/mol. The van der Waals surface area contributed by atoms with Gasteiger partial charge in [-0.1, -0.05) is 30.3 Å². The third kappa shape index (κ3) is 3.75. The van der Waals surface area contributed by atoms with Gasteiger partial charge < -0.3 is 15.5 Å². The lowest BCUT2D eigenvalue weighted by atomic mass is 10.2. The molecular formula is C20H22FN7. The van der Waals surface area contributed by atoms with Gasteiger partial charge in [-0.25, -0.2) is 14.4 Å². The van der Waals surface area contributed by atoms with Gasteiger partial charge in [0, 0.05) is 26.2 Å². The highest BCUT2D eigenvalue weighted by Gasteiger charge is 2.22. The molecule has 1 aliphatic rings. The van der Waals surface area contributed by atoms with Crippen molar-refractivity contribution in [3.05, 3.63) is 66.7 Å². The topological polar surface area (TPSA) is 82.3 Å². The lowest BCUT2D eigenvalue weighted by Crippen LogP contribution is -2.47. The van der Waals surface area contributed by atoms with Crippen LogP contribution in [0.2, 0.25) is 0 Å². The molecule has 0 aliphatic carbocycles. The summed E-state index contributed by atoms with van der Waals surface area (Å²) in [5, 5.41) is 0. The third-order valence-electron chi connectivity index (χ3n) is 4.73. The van der Waals surface area contributed by atoms with E-state index < -0.39 is 0 Å². The molecule has 1 saturated heterocycles. The van der Waals surface area contributed by atoms with Crippen LogP contribution in [0.4, 0.5) is 33.1 Å². The molecule has 3 aromatic rings. The minimum Gasteiger partial charge on any atom is -0.393 e. The number of piperazine rings is 1. The molecule has 144 valence electrons. The summed E-state index contributed by atoms with van der Waals surface area (Å²) >= 11 is 0. The molecule has 4 N–H and O–H groups in total. The number of nitrogens with one attached hydrogen (secondary N) is 2. The predicted octanol–water partition coefficient (Wildman–Crippen LogP) is 2.96. The molecule has 0 saturated carbocycles. The van der Waals surface area contributed by atoms with Gasteiger partial charge in [0.2, 0.25) is 0 Å². The Morgan fingerprint density at radius 3 is 2.25 bits per heavy atom. The molecule has 0 amide bonds. The summed E-state index contributed by atoms with van der Waals surface area (Å²) in [6.07, 6.45) is 1.49. The molecule has 0 radical (unpaired) electrons. The lowest BCUT2D eigenvalue weighted by molar-refractivity contribution is 0.596. The molecule has 2 heterocycles. The molecule has 0 bridgehead atoms. The number of nitrogen functional groups attached to an aromatic ring is 1. The quantitative estimate of drug-likeness (QED) is 0.588. The van der Waals surface area contributed by atoms with Crippen molar-refractivity contribution in [3.63, 3.8) is 0 Å². The van der Waals surface area contributed by atoms with Crippen molar-refractivity contribution in [3.8, 4) is 0 Å².